The molecule has 3 N–H and O–H groups in total. The van der Waals surface area contributed by atoms with Gasteiger partial charge in [0.1, 0.15) is 0 Å². The summed E-state index contributed by atoms with van der Waals surface area (Å²) in [6.45, 7) is 6.94. The van der Waals surface area contributed by atoms with Crippen molar-refractivity contribution in [2.24, 2.45) is 5.92 Å². The number of hydrogen-bond acceptors (Lipinski definition) is 1. The van der Waals surface area contributed by atoms with Gasteiger partial charge >= 0.3 is 0 Å². The lowest BCUT2D eigenvalue weighted by molar-refractivity contribution is 0.505. The van der Waals surface area contributed by atoms with E-state index in [2.05, 4.69) is 20.8 Å². The summed E-state index contributed by atoms with van der Waals surface area (Å²) >= 11 is 0. The van der Waals surface area contributed by atoms with Gasteiger partial charge in [0, 0.05) is 0 Å². The third-order valence-electron chi connectivity index (χ3n) is 3.14. The Kier molecular flexibility index (Phi) is 24.6. The molecule has 0 atom stereocenters. The lowest BCUT2D eigenvalue weighted by Gasteiger charge is -2.04. The number of rotatable bonds is 11. The predicted molar refractivity (Wildman–Crippen MR) is 83.6 cm³/mol. The molecule has 0 aromatic rings. The molecule has 0 aliphatic rings. The van der Waals surface area contributed by atoms with Gasteiger partial charge in [0.15, 0.2) is 0 Å². The predicted octanol–water partition coefficient (Wildman–Crippen LogP) is 6.54. The monoisotopic (exact) mass is 265 g/mol. The first-order valence-electron chi connectivity index (χ1n) is 7.27. The first-order valence-corrected chi connectivity index (χ1v) is 7.27. The van der Waals surface area contributed by atoms with E-state index in [9.17, 15) is 0 Å². The molecule has 0 heterocycles. The number of hydrogen-bond donors (Lipinski definition) is 1. The second-order valence-corrected chi connectivity index (χ2v) is 5.36. The normalized spacial score (nSPS) is 9.88. The van der Waals surface area contributed by atoms with Crippen LogP contribution in [0, 0.1) is 5.92 Å². The van der Waals surface area contributed by atoms with Crippen molar-refractivity contribution in [1.82, 2.24) is 6.15 Å². The smallest absolute Gasteiger partial charge is 0.0471 e. The summed E-state index contributed by atoms with van der Waals surface area (Å²) in [5.41, 5.74) is 0. The first kappa shape index (κ1) is 22.4. The highest BCUT2D eigenvalue weighted by molar-refractivity contribution is 5.85. The lowest BCUT2D eigenvalue weighted by atomic mass is 10.0. The first-order chi connectivity index (χ1) is 7.27. The Morgan fingerprint density at radius 1 is 0.647 bits per heavy atom. The standard InChI is InChI=1S/C15H32.ClH.H3N/c1-4-5-6-7-8-9-10-11-12-13-14-15(2)3;;/h15H,4-14H2,1-3H3;1H;1H3. The summed E-state index contributed by atoms with van der Waals surface area (Å²) in [6.07, 6.45) is 16.0. The summed E-state index contributed by atoms with van der Waals surface area (Å²) in [4.78, 5) is 0. The largest absolute Gasteiger partial charge is 0.344 e. The van der Waals surface area contributed by atoms with Crippen molar-refractivity contribution in [3.63, 3.8) is 0 Å². The fraction of sp³-hybridized carbons (Fsp3) is 1.00. The zero-order valence-electron chi connectivity index (χ0n) is 12.5. The molecule has 0 saturated heterocycles. The Bertz CT molecular complexity index is 115. The highest BCUT2D eigenvalue weighted by atomic mass is 35.5. The van der Waals surface area contributed by atoms with Gasteiger partial charge in [-0.15, -0.1) is 12.4 Å². The SMILES string of the molecule is CCCCCCCCCCCCC(C)C.Cl.N. The van der Waals surface area contributed by atoms with E-state index in [0.29, 0.717) is 0 Å². The number of unbranched alkanes of at least 4 members (excludes halogenated alkanes) is 9. The molecule has 0 aromatic carbocycles. The zero-order valence-corrected chi connectivity index (χ0v) is 13.3. The molecule has 0 spiro atoms. The van der Waals surface area contributed by atoms with Crippen LogP contribution in [-0.4, -0.2) is 0 Å². The van der Waals surface area contributed by atoms with Crippen molar-refractivity contribution in [1.29, 1.82) is 0 Å². The minimum atomic E-state index is 0. The maximum Gasteiger partial charge on any atom is -0.0471 e. The van der Waals surface area contributed by atoms with Crippen molar-refractivity contribution >= 4 is 12.4 Å². The molecule has 0 aliphatic heterocycles. The molecule has 0 bridgehead atoms. The highest BCUT2D eigenvalue weighted by Crippen LogP contribution is 2.13. The molecule has 0 unspecified atom stereocenters. The topological polar surface area (TPSA) is 35.0 Å². The molecule has 1 nitrogen and oxygen atoms in total. The molecular weight excluding hydrogens is 230 g/mol. The molecule has 0 radical (unpaired) electrons. The average molecular weight is 266 g/mol. The molecule has 0 rings (SSSR count). The molecular formula is C15H36ClN. The van der Waals surface area contributed by atoms with Crippen LogP contribution < -0.4 is 6.15 Å². The van der Waals surface area contributed by atoms with Gasteiger partial charge in [0.05, 0.1) is 0 Å². The molecule has 0 aromatic heterocycles. The van der Waals surface area contributed by atoms with Crippen LogP contribution >= 0.6 is 12.4 Å². The Hall–Kier alpha value is 0.250. The fourth-order valence-electron chi connectivity index (χ4n) is 2.04. The Morgan fingerprint density at radius 3 is 1.35 bits per heavy atom. The Morgan fingerprint density at radius 2 is 1.00 bits per heavy atom. The van der Waals surface area contributed by atoms with Crippen molar-refractivity contribution in [2.75, 3.05) is 0 Å². The minimum Gasteiger partial charge on any atom is -0.344 e. The molecule has 108 valence electrons. The molecule has 2 heteroatoms. The van der Waals surface area contributed by atoms with Gasteiger partial charge < -0.3 is 6.15 Å². The quantitative estimate of drug-likeness (QED) is 0.423. The highest BCUT2D eigenvalue weighted by Gasteiger charge is 1.94. The van der Waals surface area contributed by atoms with Crippen molar-refractivity contribution in [3.8, 4) is 0 Å². The Labute approximate surface area is 116 Å². The van der Waals surface area contributed by atoms with Gasteiger partial charge in [-0.05, 0) is 5.92 Å². The summed E-state index contributed by atoms with van der Waals surface area (Å²) in [5.74, 6) is 0.902. The molecule has 0 fully saturated rings. The Balaban J connectivity index is -0.000000980. The van der Waals surface area contributed by atoms with Crippen molar-refractivity contribution < 1.29 is 0 Å². The zero-order chi connectivity index (χ0) is 11.4. The van der Waals surface area contributed by atoms with Crippen molar-refractivity contribution in [3.05, 3.63) is 0 Å². The van der Waals surface area contributed by atoms with E-state index in [1.807, 2.05) is 0 Å². The molecule has 0 saturated carbocycles. The fourth-order valence-corrected chi connectivity index (χ4v) is 2.04. The van der Waals surface area contributed by atoms with Crippen LogP contribution in [0.4, 0.5) is 0 Å². The van der Waals surface area contributed by atoms with Crippen LogP contribution in [0.5, 0.6) is 0 Å². The lowest BCUT2D eigenvalue weighted by Crippen LogP contribution is -1.87. The van der Waals surface area contributed by atoms with E-state index in [1.165, 1.54) is 70.6 Å². The van der Waals surface area contributed by atoms with Crippen LogP contribution in [0.3, 0.4) is 0 Å². The summed E-state index contributed by atoms with van der Waals surface area (Å²) in [7, 11) is 0. The van der Waals surface area contributed by atoms with E-state index >= 15 is 0 Å². The summed E-state index contributed by atoms with van der Waals surface area (Å²) < 4.78 is 0. The van der Waals surface area contributed by atoms with Gasteiger partial charge in [-0.3, -0.25) is 0 Å². The third-order valence-corrected chi connectivity index (χ3v) is 3.14. The average Bonchev–Trinajstić information content (AvgIpc) is 2.20. The van der Waals surface area contributed by atoms with E-state index in [0.717, 1.165) is 5.92 Å². The molecule has 17 heavy (non-hydrogen) atoms. The second kappa shape index (κ2) is 18.6. The van der Waals surface area contributed by atoms with Crippen LogP contribution in [-0.2, 0) is 0 Å². The van der Waals surface area contributed by atoms with Crippen molar-refractivity contribution in [2.45, 2.75) is 91.4 Å². The maximum atomic E-state index is 2.33. The third kappa shape index (κ3) is 22.0. The maximum absolute atomic E-state index is 2.33. The van der Waals surface area contributed by atoms with Crippen LogP contribution in [0.15, 0.2) is 0 Å². The number of halogens is 1. The second-order valence-electron chi connectivity index (χ2n) is 5.36. The summed E-state index contributed by atoms with van der Waals surface area (Å²) in [5, 5.41) is 0. The van der Waals surface area contributed by atoms with E-state index in [-0.39, 0.29) is 18.6 Å². The van der Waals surface area contributed by atoms with E-state index in [4.69, 9.17) is 0 Å². The van der Waals surface area contributed by atoms with Gasteiger partial charge in [-0.2, -0.15) is 0 Å². The minimum absolute atomic E-state index is 0. The molecule has 0 aliphatic carbocycles. The van der Waals surface area contributed by atoms with Gasteiger partial charge in [-0.1, -0.05) is 91.4 Å². The van der Waals surface area contributed by atoms with Crippen LogP contribution in [0.1, 0.15) is 91.4 Å². The van der Waals surface area contributed by atoms with E-state index in [1.54, 1.807) is 0 Å². The van der Waals surface area contributed by atoms with E-state index < -0.39 is 0 Å². The van der Waals surface area contributed by atoms with Gasteiger partial charge in [0.25, 0.3) is 0 Å². The van der Waals surface area contributed by atoms with Crippen LogP contribution in [0.2, 0.25) is 0 Å². The van der Waals surface area contributed by atoms with Gasteiger partial charge in [-0.25, -0.2) is 0 Å². The van der Waals surface area contributed by atoms with Crippen LogP contribution in [0.25, 0.3) is 0 Å². The summed E-state index contributed by atoms with van der Waals surface area (Å²) in [6, 6.07) is 0. The van der Waals surface area contributed by atoms with Gasteiger partial charge in [0.2, 0.25) is 0 Å². The molecule has 0 amide bonds.